The summed E-state index contributed by atoms with van der Waals surface area (Å²) >= 11 is 0. The van der Waals surface area contributed by atoms with Gasteiger partial charge in [-0.25, -0.2) is 0 Å². The maximum Gasteiger partial charge on any atom is 0.458 e. The number of hydrogen-bond acceptors (Lipinski definition) is 4. The van der Waals surface area contributed by atoms with Crippen LogP contribution in [0.4, 0.5) is 32.0 Å². The van der Waals surface area contributed by atoms with Gasteiger partial charge in [-0.05, 0) is 36.4 Å². The highest BCUT2D eigenvalue weighted by atomic mass is 19.4. The molecular formula is C18H13F6NO4. The quantitative estimate of drug-likeness (QED) is 0.575. The Bertz CT molecular complexity index is 821. The molecule has 0 aliphatic carbocycles. The topological polar surface area (TPSA) is 72.5 Å². The van der Waals surface area contributed by atoms with Gasteiger partial charge in [0.1, 0.15) is 11.5 Å². The van der Waals surface area contributed by atoms with Crippen LogP contribution in [0.3, 0.4) is 0 Å². The number of halogens is 6. The first-order valence-corrected chi connectivity index (χ1v) is 7.64. The molecule has 0 fully saturated rings. The third-order valence-electron chi connectivity index (χ3n) is 2.87. The molecule has 0 aromatic heterocycles. The molecule has 29 heavy (non-hydrogen) atoms. The fourth-order valence-electron chi connectivity index (χ4n) is 1.69. The molecule has 0 heterocycles. The number of benzene rings is 2. The monoisotopic (exact) mass is 421 g/mol. The van der Waals surface area contributed by atoms with Crippen molar-refractivity contribution in [1.29, 1.82) is 0 Å². The molecule has 1 amide bonds. The van der Waals surface area contributed by atoms with Crippen LogP contribution >= 0.6 is 0 Å². The Hall–Kier alpha value is -3.37. The van der Waals surface area contributed by atoms with Crippen molar-refractivity contribution < 1.29 is 45.5 Å². The van der Waals surface area contributed by atoms with Crippen LogP contribution in [0, 0.1) is 0 Å². The summed E-state index contributed by atoms with van der Waals surface area (Å²) in [4.78, 5) is 30.1. The lowest BCUT2D eigenvalue weighted by Crippen LogP contribution is -2.39. The van der Waals surface area contributed by atoms with Gasteiger partial charge in [0.15, 0.2) is 0 Å². The number of Topliss-reactive ketones (excluding diaryl/α,β-unsaturated/α-hetero) is 2. The van der Waals surface area contributed by atoms with Gasteiger partial charge in [-0.2, -0.15) is 26.3 Å². The molecule has 11 heteroatoms. The van der Waals surface area contributed by atoms with E-state index in [1.54, 1.807) is 12.1 Å². The fraction of sp³-hybridized carbons (Fsp3) is 0.167. The van der Waals surface area contributed by atoms with E-state index in [0.29, 0.717) is 0 Å². The zero-order chi connectivity index (χ0) is 22.2. The standard InChI is InChI=1S/C14H13NO2.C4F6O2/c1-11(16)15-12-7-9-14(10-8-12)17-13-5-3-2-4-6-13;5-3(6,7)1(11)2(12)4(8,9)10/h2-10H,1H3,(H,15,16);. The Balaban J connectivity index is 0.000000311. The van der Waals surface area contributed by atoms with Crippen LogP contribution in [-0.2, 0) is 14.4 Å². The van der Waals surface area contributed by atoms with Gasteiger partial charge in [0.25, 0.3) is 0 Å². The maximum absolute atomic E-state index is 11.2. The molecule has 0 unspecified atom stereocenters. The minimum atomic E-state index is -5.77. The first-order valence-electron chi connectivity index (χ1n) is 7.64. The number of nitrogens with one attached hydrogen (secondary N) is 1. The number of ketones is 2. The molecule has 0 bridgehead atoms. The average Bonchev–Trinajstić information content (AvgIpc) is 2.61. The summed E-state index contributed by atoms with van der Waals surface area (Å²) in [6.45, 7) is 1.48. The highest BCUT2D eigenvalue weighted by molar-refractivity contribution is 6.41. The van der Waals surface area contributed by atoms with Gasteiger partial charge in [0.2, 0.25) is 5.91 Å². The molecule has 156 valence electrons. The van der Waals surface area contributed by atoms with Crippen LogP contribution in [-0.4, -0.2) is 29.8 Å². The average molecular weight is 421 g/mol. The number of rotatable bonds is 4. The van der Waals surface area contributed by atoms with Gasteiger partial charge in [0.05, 0.1) is 0 Å². The molecule has 0 saturated heterocycles. The molecule has 0 aliphatic heterocycles. The first kappa shape index (κ1) is 23.7. The van der Waals surface area contributed by atoms with Crippen LogP contribution in [0.1, 0.15) is 6.92 Å². The van der Waals surface area contributed by atoms with E-state index >= 15 is 0 Å². The highest BCUT2D eigenvalue weighted by Crippen LogP contribution is 2.24. The van der Waals surface area contributed by atoms with E-state index < -0.39 is 23.9 Å². The summed E-state index contributed by atoms with van der Waals surface area (Å²) in [6, 6.07) is 16.8. The second kappa shape index (κ2) is 9.71. The van der Waals surface area contributed by atoms with Crippen molar-refractivity contribution in [3.05, 3.63) is 54.6 Å². The van der Waals surface area contributed by atoms with E-state index in [1.807, 2.05) is 42.5 Å². The fourth-order valence-corrected chi connectivity index (χ4v) is 1.69. The molecule has 0 atom stereocenters. The number of alkyl halides is 6. The van der Waals surface area contributed by atoms with Crippen LogP contribution in [0.25, 0.3) is 0 Å². The molecule has 5 nitrogen and oxygen atoms in total. The van der Waals surface area contributed by atoms with Gasteiger partial charge in [0, 0.05) is 12.6 Å². The minimum Gasteiger partial charge on any atom is -0.457 e. The summed E-state index contributed by atoms with van der Waals surface area (Å²) < 4.78 is 72.6. The van der Waals surface area contributed by atoms with E-state index in [1.165, 1.54) is 6.92 Å². The predicted molar refractivity (Wildman–Crippen MR) is 89.4 cm³/mol. The predicted octanol–water partition coefficient (Wildman–Crippen LogP) is 4.69. The maximum atomic E-state index is 11.2. The van der Waals surface area contributed by atoms with Gasteiger partial charge < -0.3 is 10.1 Å². The van der Waals surface area contributed by atoms with Crippen LogP contribution < -0.4 is 10.1 Å². The van der Waals surface area contributed by atoms with E-state index in [0.717, 1.165) is 17.2 Å². The Morgan fingerprint density at radius 1 is 0.724 bits per heavy atom. The first-order chi connectivity index (χ1) is 13.3. The van der Waals surface area contributed by atoms with Crippen LogP contribution in [0.15, 0.2) is 54.6 Å². The summed E-state index contributed by atoms with van der Waals surface area (Å²) in [6.07, 6.45) is -11.5. The Morgan fingerprint density at radius 2 is 1.14 bits per heavy atom. The Morgan fingerprint density at radius 3 is 1.52 bits per heavy atom. The number of hydrogen-bond donors (Lipinski definition) is 1. The van der Waals surface area contributed by atoms with E-state index in [9.17, 15) is 40.7 Å². The van der Waals surface area contributed by atoms with Crippen LogP contribution in [0.2, 0.25) is 0 Å². The zero-order valence-corrected chi connectivity index (χ0v) is 14.6. The lowest BCUT2D eigenvalue weighted by molar-refractivity contribution is -0.193. The van der Waals surface area contributed by atoms with E-state index in [4.69, 9.17) is 4.74 Å². The summed E-state index contributed by atoms with van der Waals surface area (Å²) in [7, 11) is 0. The number of carbonyl (C=O) groups excluding carboxylic acids is 3. The molecule has 1 N–H and O–H groups in total. The molecule has 0 saturated carbocycles. The lowest BCUT2D eigenvalue weighted by Gasteiger charge is -2.06. The second-order valence-electron chi connectivity index (χ2n) is 5.27. The third-order valence-corrected chi connectivity index (χ3v) is 2.87. The third kappa shape index (κ3) is 8.45. The van der Waals surface area contributed by atoms with E-state index in [-0.39, 0.29) is 5.91 Å². The number of amides is 1. The molecule has 2 aromatic carbocycles. The number of para-hydroxylation sites is 1. The summed E-state index contributed by atoms with van der Waals surface area (Å²) in [5.74, 6) is -5.36. The zero-order valence-electron chi connectivity index (χ0n) is 14.6. The van der Waals surface area contributed by atoms with Gasteiger partial charge >= 0.3 is 23.9 Å². The van der Waals surface area contributed by atoms with Crippen molar-refractivity contribution in [1.82, 2.24) is 0 Å². The molecule has 0 spiro atoms. The van der Waals surface area contributed by atoms with Crippen molar-refractivity contribution in [2.24, 2.45) is 0 Å². The number of carbonyl (C=O) groups is 3. The van der Waals surface area contributed by atoms with Crippen molar-refractivity contribution >= 4 is 23.2 Å². The van der Waals surface area contributed by atoms with Crippen molar-refractivity contribution in [3.8, 4) is 11.5 Å². The molecule has 2 rings (SSSR count). The highest BCUT2D eigenvalue weighted by Gasteiger charge is 2.54. The van der Waals surface area contributed by atoms with Crippen molar-refractivity contribution in [2.45, 2.75) is 19.3 Å². The smallest absolute Gasteiger partial charge is 0.457 e. The van der Waals surface area contributed by atoms with Crippen molar-refractivity contribution in [2.75, 3.05) is 5.32 Å². The van der Waals surface area contributed by atoms with Crippen molar-refractivity contribution in [3.63, 3.8) is 0 Å². The number of ether oxygens (including phenoxy) is 1. The molecule has 0 aliphatic rings. The molecule has 2 aromatic rings. The minimum absolute atomic E-state index is 0.0817. The van der Waals surface area contributed by atoms with Crippen LogP contribution in [0.5, 0.6) is 11.5 Å². The Kier molecular flexibility index (Phi) is 7.93. The number of anilines is 1. The summed E-state index contributed by atoms with van der Waals surface area (Å²) in [5.41, 5.74) is 0.762. The van der Waals surface area contributed by atoms with Gasteiger partial charge in [-0.3, -0.25) is 14.4 Å². The largest absolute Gasteiger partial charge is 0.458 e. The van der Waals surface area contributed by atoms with Gasteiger partial charge in [-0.15, -0.1) is 0 Å². The van der Waals surface area contributed by atoms with E-state index in [2.05, 4.69) is 5.32 Å². The molecular weight excluding hydrogens is 408 g/mol. The second-order valence-corrected chi connectivity index (χ2v) is 5.27. The lowest BCUT2D eigenvalue weighted by atomic mass is 10.2. The SMILES string of the molecule is CC(=O)Nc1ccc(Oc2ccccc2)cc1.O=C(C(=O)C(F)(F)F)C(F)(F)F. The molecule has 0 radical (unpaired) electrons. The normalized spacial score (nSPS) is 11.0. The Labute approximate surface area is 160 Å². The summed E-state index contributed by atoms with van der Waals surface area (Å²) in [5, 5.41) is 2.70. The van der Waals surface area contributed by atoms with Gasteiger partial charge in [-0.1, -0.05) is 18.2 Å².